The van der Waals surface area contributed by atoms with Crippen molar-refractivity contribution >= 4 is 42.9 Å². The summed E-state index contributed by atoms with van der Waals surface area (Å²) >= 11 is 0. The highest BCUT2D eigenvalue weighted by atomic mass is 31.2. The maximum absolute atomic E-state index is 13.8. The van der Waals surface area contributed by atoms with Crippen LogP contribution < -0.4 is 26.2 Å². The van der Waals surface area contributed by atoms with Crippen LogP contribution in [0.25, 0.3) is 5.57 Å². The monoisotopic (exact) mass is 685 g/mol. The Morgan fingerprint density at radius 1 is 1.02 bits per heavy atom. The van der Waals surface area contributed by atoms with Crippen LogP contribution >= 0.6 is 7.82 Å². The van der Waals surface area contributed by atoms with E-state index in [1.54, 1.807) is 6.92 Å². The number of nitrogens with zero attached hydrogens (tertiary/aromatic N) is 1. The zero-order chi connectivity index (χ0) is 35.4. The molecule has 48 heavy (non-hydrogen) atoms. The van der Waals surface area contributed by atoms with Crippen LogP contribution in [0.2, 0.25) is 0 Å². The summed E-state index contributed by atoms with van der Waals surface area (Å²) in [7, 11) is -4.71. The molecule has 0 aromatic heterocycles. The van der Waals surface area contributed by atoms with Crippen LogP contribution in [0.15, 0.2) is 60.7 Å². The van der Waals surface area contributed by atoms with E-state index in [-0.39, 0.29) is 37.6 Å². The Labute approximate surface area is 279 Å². The van der Waals surface area contributed by atoms with E-state index in [0.717, 1.165) is 5.56 Å². The van der Waals surface area contributed by atoms with E-state index < -0.39 is 55.5 Å². The summed E-state index contributed by atoms with van der Waals surface area (Å²) in [5.74, 6) is -2.63. The molecule has 1 aliphatic heterocycles. The number of nitrogens with two attached hydrogens (primary N) is 1. The third kappa shape index (κ3) is 12.3. The van der Waals surface area contributed by atoms with E-state index in [9.17, 15) is 28.5 Å². The molecule has 2 aromatic carbocycles. The quantitative estimate of drug-likeness (QED) is 0.113. The molecule has 7 N–H and O–H groups in total. The third-order valence-electron chi connectivity index (χ3n) is 7.66. The van der Waals surface area contributed by atoms with Gasteiger partial charge in [-0.2, -0.15) is 0 Å². The van der Waals surface area contributed by atoms with Crippen molar-refractivity contribution in [2.75, 3.05) is 6.54 Å². The largest absolute Gasteiger partial charge is 0.524 e. The second-order valence-corrected chi connectivity index (χ2v) is 13.2. The number of nitrogens with one attached hydrogen (secondary N) is 3. The molecule has 0 aliphatic carbocycles. The number of phosphoric ester groups is 1. The lowest BCUT2D eigenvalue weighted by Crippen LogP contribution is -2.56. The van der Waals surface area contributed by atoms with Gasteiger partial charge in [0.25, 0.3) is 0 Å². The molecule has 5 amide bonds. The maximum atomic E-state index is 13.8. The molecule has 0 saturated carbocycles. The predicted molar refractivity (Wildman–Crippen MR) is 178 cm³/mol. The average Bonchev–Trinajstić information content (AvgIpc) is 3.51. The summed E-state index contributed by atoms with van der Waals surface area (Å²) in [6, 6.07) is 12.1. The molecule has 260 valence electrons. The number of likely N-dealkylation sites (tertiary alicyclic amines) is 1. The lowest BCUT2D eigenvalue weighted by Gasteiger charge is -2.30. The predicted octanol–water partition coefficient (Wildman–Crippen LogP) is 2.15. The Morgan fingerprint density at radius 3 is 2.29 bits per heavy atom. The Hall–Kier alpha value is -4.52. The molecule has 0 radical (unpaired) electrons. The Balaban J connectivity index is 1.70. The van der Waals surface area contributed by atoms with Crippen LogP contribution in [0, 0.1) is 5.92 Å². The van der Waals surface area contributed by atoms with Crippen molar-refractivity contribution in [2.45, 2.75) is 77.5 Å². The van der Waals surface area contributed by atoms with Crippen LogP contribution in [0.5, 0.6) is 5.75 Å². The second kappa shape index (κ2) is 17.6. The highest BCUT2D eigenvalue weighted by molar-refractivity contribution is 7.46. The van der Waals surface area contributed by atoms with Crippen molar-refractivity contribution in [3.63, 3.8) is 0 Å². The van der Waals surface area contributed by atoms with Crippen LogP contribution in [0.4, 0.5) is 0 Å². The number of rotatable bonds is 16. The van der Waals surface area contributed by atoms with Gasteiger partial charge in [-0.05, 0) is 67.4 Å². The topological polar surface area (TPSA) is 217 Å². The number of carbonyl (C=O) groups excluding carboxylic acids is 5. The SMILES string of the molecule is C/C(=C\C(=O)N[C@@H](CC(C)C)C(=O)N1CCC[C@H]1C(=O)N[C@@H](CCC(N)=O)C(=O)NCc1ccccc1)c1ccc(OP(=O)(O)O)cc1. The summed E-state index contributed by atoms with van der Waals surface area (Å²) in [5.41, 5.74) is 7.28. The number of hydrogen-bond acceptors (Lipinski definition) is 7. The number of allylic oxidation sites excluding steroid dienone is 1. The van der Waals surface area contributed by atoms with E-state index in [2.05, 4.69) is 20.5 Å². The Morgan fingerprint density at radius 2 is 1.69 bits per heavy atom. The number of phosphoric acid groups is 1. The van der Waals surface area contributed by atoms with Crippen molar-refractivity contribution in [3.05, 3.63) is 71.8 Å². The standard InChI is InChI=1S/C33H44N5O9P/c1-21(2)18-27(36-30(40)19-22(3)24-11-13-25(14-12-24)47-48(44,45)46)33(43)38-17-7-10-28(38)32(42)37-26(15-16-29(34)39)31(41)35-20-23-8-5-4-6-9-23/h4-6,8-9,11-14,19,21,26-28H,7,10,15-18,20H2,1-3H3,(H2,34,39)(H,35,41)(H,36,40)(H,37,42)(H2,44,45,46)/b22-19+/t26-,27-,28-/m0/s1. The normalized spacial score (nSPS) is 16.2. The minimum atomic E-state index is -4.71. The van der Waals surface area contributed by atoms with Gasteiger partial charge in [-0.3, -0.25) is 33.8 Å². The zero-order valence-electron chi connectivity index (χ0n) is 27.3. The van der Waals surface area contributed by atoms with Gasteiger partial charge in [-0.1, -0.05) is 56.3 Å². The van der Waals surface area contributed by atoms with Crippen LogP contribution in [-0.4, -0.2) is 68.9 Å². The van der Waals surface area contributed by atoms with E-state index in [1.807, 2.05) is 44.2 Å². The summed E-state index contributed by atoms with van der Waals surface area (Å²) in [6.45, 7) is 5.98. The van der Waals surface area contributed by atoms with Crippen molar-refractivity contribution in [3.8, 4) is 5.75 Å². The molecule has 3 rings (SSSR count). The second-order valence-electron chi connectivity index (χ2n) is 12.1. The lowest BCUT2D eigenvalue weighted by molar-refractivity contribution is -0.142. The Bertz CT molecular complexity index is 1530. The molecule has 14 nitrogen and oxygen atoms in total. The first-order valence-electron chi connectivity index (χ1n) is 15.7. The van der Waals surface area contributed by atoms with Gasteiger partial charge in [-0.15, -0.1) is 0 Å². The molecule has 3 atom stereocenters. The highest BCUT2D eigenvalue weighted by Crippen LogP contribution is 2.37. The van der Waals surface area contributed by atoms with Gasteiger partial charge in [0, 0.05) is 25.6 Å². The first kappa shape index (κ1) is 37.9. The molecule has 0 spiro atoms. The number of amides is 5. The van der Waals surface area contributed by atoms with Crippen molar-refractivity contribution in [2.24, 2.45) is 11.7 Å². The molecule has 1 aliphatic rings. The number of carbonyl (C=O) groups is 5. The van der Waals surface area contributed by atoms with Crippen molar-refractivity contribution in [1.29, 1.82) is 0 Å². The molecule has 15 heteroatoms. The molecule has 0 unspecified atom stereocenters. The summed E-state index contributed by atoms with van der Waals surface area (Å²) in [5, 5.41) is 8.26. The van der Waals surface area contributed by atoms with Gasteiger partial charge >= 0.3 is 7.82 Å². The van der Waals surface area contributed by atoms with Gasteiger partial charge in [0.1, 0.15) is 23.9 Å². The van der Waals surface area contributed by atoms with E-state index in [1.165, 1.54) is 35.2 Å². The van der Waals surface area contributed by atoms with Crippen LogP contribution in [0.1, 0.15) is 64.0 Å². The van der Waals surface area contributed by atoms with E-state index in [0.29, 0.717) is 30.4 Å². The summed E-state index contributed by atoms with van der Waals surface area (Å²) in [6.07, 6.45) is 2.37. The molecule has 1 heterocycles. The number of primary amides is 1. The number of hydrogen-bond donors (Lipinski definition) is 6. The van der Waals surface area contributed by atoms with Crippen LogP contribution in [0.3, 0.4) is 0 Å². The lowest BCUT2D eigenvalue weighted by atomic mass is 10.0. The molecule has 1 saturated heterocycles. The van der Waals surface area contributed by atoms with Crippen molar-refractivity contribution in [1.82, 2.24) is 20.9 Å². The van der Waals surface area contributed by atoms with E-state index >= 15 is 0 Å². The average molecular weight is 686 g/mol. The first-order chi connectivity index (χ1) is 22.6. The minimum absolute atomic E-state index is 0.0144. The van der Waals surface area contributed by atoms with Crippen molar-refractivity contribution < 1.29 is 42.8 Å². The van der Waals surface area contributed by atoms with E-state index in [4.69, 9.17) is 15.5 Å². The molecule has 0 bridgehead atoms. The molecule has 1 fully saturated rings. The van der Waals surface area contributed by atoms with Crippen LogP contribution in [-0.2, 0) is 35.1 Å². The summed E-state index contributed by atoms with van der Waals surface area (Å²) in [4.78, 5) is 84.4. The third-order valence-corrected chi connectivity index (χ3v) is 8.11. The molecular weight excluding hydrogens is 641 g/mol. The van der Waals surface area contributed by atoms with Gasteiger partial charge in [0.15, 0.2) is 0 Å². The minimum Gasteiger partial charge on any atom is -0.404 e. The first-order valence-corrected chi connectivity index (χ1v) is 17.2. The fourth-order valence-electron chi connectivity index (χ4n) is 5.34. The maximum Gasteiger partial charge on any atom is 0.524 e. The fourth-order valence-corrected chi connectivity index (χ4v) is 5.73. The molecule has 2 aromatic rings. The van der Waals surface area contributed by atoms with Gasteiger partial charge in [0.2, 0.25) is 29.5 Å². The smallest absolute Gasteiger partial charge is 0.404 e. The molecular formula is C33H44N5O9P. The Kier molecular flexibility index (Phi) is 13.9. The zero-order valence-corrected chi connectivity index (χ0v) is 28.2. The number of benzene rings is 2. The van der Waals surface area contributed by atoms with Gasteiger partial charge in [-0.25, -0.2) is 4.57 Å². The fraction of sp³-hybridized carbons (Fsp3) is 0.424. The van der Waals surface area contributed by atoms with Gasteiger partial charge in [0.05, 0.1) is 0 Å². The summed E-state index contributed by atoms with van der Waals surface area (Å²) < 4.78 is 15.6. The van der Waals surface area contributed by atoms with Gasteiger partial charge < -0.3 is 31.1 Å². The highest BCUT2D eigenvalue weighted by Gasteiger charge is 2.39.